The molecule has 4 heteroatoms. The van der Waals surface area contributed by atoms with Crippen LogP contribution in [0.5, 0.6) is 0 Å². The number of nitrogens with zero attached hydrogens (tertiary/aromatic N) is 2. The average molecular weight is 267 g/mol. The van der Waals surface area contributed by atoms with E-state index in [1.165, 1.54) is 5.56 Å². The third-order valence-corrected chi connectivity index (χ3v) is 3.23. The molecule has 1 aromatic carbocycles. The summed E-state index contributed by atoms with van der Waals surface area (Å²) in [5.41, 5.74) is 2.34. The third kappa shape index (κ3) is 2.81. The van der Waals surface area contributed by atoms with Gasteiger partial charge in [-0.3, -0.25) is 10.00 Å². The van der Waals surface area contributed by atoms with Gasteiger partial charge in [-0.05, 0) is 17.7 Å². The minimum atomic E-state index is 0.0476. The van der Waals surface area contributed by atoms with Gasteiger partial charge >= 0.3 is 0 Å². The fourth-order valence-corrected chi connectivity index (χ4v) is 2.27. The van der Waals surface area contributed by atoms with Crippen LogP contribution in [0.2, 0.25) is 0 Å². The molecule has 0 radical (unpaired) electrons. The SMILES string of the molecule is Cn1cc(CNC(c2ccccc2)c2ccco2)cn1. The zero-order chi connectivity index (χ0) is 13.8. The zero-order valence-electron chi connectivity index (χ0n) is 11.4. The lowest BCUT2D eigenvalue weighted by atomic mass is 10.0. The second kappa shape index (κ2) is 5.75. The standard InChI is InChI=1S/C16H17N3O/c1-19-12-13(11-18-19)10-17-16(15-8-5-9-20-15)14-6-3-2-4-7-14/h2-9,11-12,16-17H,10H2,1H3. The lowest BCUT2D eigenvalue weighted by molar-refractivity contribution is 0.446. The second-order valence-electron chi connectivity index (χ2n) is 4.76. The zero-order valence-corrected chi connectivity index (χ0v) is 11.4. The molecule has 3 aromatic rings. The average Bonchev–Trinajstić information content (AvgIpc) is 3.12. The van der Waals surface area contributed by atoms with Crippen LogP contribution in [0.1, 0.15) is 22.9 Å². The van der Waals surface area contributed by atoms with Crippen LogP contribution in [0, 0.1) is 0 Å². The molecule has 0 aliphatic heterocycles. The number of aryl methyl sites for hydroxylation is 1. The topological polar surface area (TPSA) is 43.0 Å². The predicted molar refractivity (Wildman–Crippen MR) is 77.0 cm³/mol. The second-order valence-corrected chi connectivity index (χ2v) is 4.76. The summed E-state index contributed by atoms with van der Waals surface area (Å²) in [6.45, 7) is 0.744. The number of nitrogens with one attached hydrogen (secondary N) is 1. The Kier molecular flexibility index (Phi) is 3.65. The van der Waals surface area contributed by atoms with Gasteiger partial charge in [0.2, 0.25) is 0 Å². The monoisotopic (exact) mass is 267 g/mol. The largest absolute Gasteiger partial charge is 0.467 e. The molecule has 0 saturated heterocycles. The van der Waals surface area contributed by atoms with Gasteiger partial charge in [0.15, 0.2) is 0 Å². The predicted octanol–water partition coefficient (Wildman–Crippen LogP) is 2.89. The third-order valence-electron chi connectivity index (χ3n) is 3.23. The highest BCUT2D eigenvalue weighted by Crippen LogP contribution is 2.22. The van der Waals surface area contributed by atoms with E-state index in [0.717, 1.165) is 17.9 Å². The first-order chi connectivity index (χ1) is 9.83. The van der Waals surface area contributed by atoms with Crippen molar-refractivity contribution in [2.24, 2.45) is 7.05 Å². The Labute approximate surface area is 118 Å². The number of hydrogen-bond acceptors (Lipinski definition) is 3. The van der Waals surface area contributed by atoms with Crippen molar-refractivity contribution < 1.29 is 4.42 Å². The summed E-state index contributed by atoms with van der Waals surface area (Å²) in [6.07, 6.45) is 5.59. The van der Waals surface area contributed by atoms with E-state index in [2.05, 4.69) is 22.5 Å². The van der Waals surface area contributed by atoms with Gasteiger partial charge in [-0.25, -0.2) is 0 Å². The summed E-state index contributed by atoms with van der Waals surface area (Å²) in [6, 6.07) is 14.3. The molecule has 0 saturated carbocycles. The Morgan fingerprint density at radius 3 is 2.70 bits per heavy atom. The summed E-state index contributed by atoms with van der Waals surface area (Å²) < 4.78 is 7.37. The van der Waals surface area contributed by atoms with Crippen molar-refractivity contribution in [2.45, 2.75) is 12.6 Å². The van der Waals surface area contributed by atoms with E-state index in [9.17, 15) is 0 Å². The molecular weight excluding hydrogens is 250 g/mol. The molecule has 1 unspecified atom stereocenters. The molecular formula is C16H17N3O. The fourth-order valence-electron chi connectivity index (χ4n) is 2.27. The summed E-state index contributed by atoms with van der Waals surface area (Å²) in [5.74, 6) is 0.917. The van der Waals surface area contributed by atoms with Gasteiger partial charge < -0.3 is 4.42 Å². The number of benzene rings is 1. The molecule has 1 atom stereocenters. The van der Waals surface area contributed by atoms with Gasteiger partial charge in [-0.1, -0.05) is 30.3 Å². The van der Waals surface area contributed by atoms with Crippen LogP contribution >= 0.6 is 0 Å². The van der Waals surface area contributed by atoms with Crippen molar-refractivity contribution >= 4 is 0 Å². The highest BCUT2D eigenvalue weighted by Gasteiger charge is 2.16. The van der Waals surface area contributed by atoms with E-state index in [1.807, 2.05) is 49.8 Å². The summed E-state index contributed by atoms with van der Waals surface area (Å²) in [7, 11) is 1.92. The maximum atomic E-state index is 5.56. The van der Waals surface area contributed by atoms with Crippen molar-refractivity contribution in [1.82, 2.24) is 15.1 Å². The van der Waals surface area contributed by atoms with E-state index in [-0.39, 0.29) is 6.04 Å². The van der Waals surface area contributed by atoms with Gasteiger partial charge in [0.1, 0.15) is 5.76 Å². The van der Waals surface area contributed by atoms with Crippen LogP contribution in [0.4, 0.5) is 0 Å². The Hall–Kier alpha value is -2.33. The lowest BCUT2D eigenvalue weighted by Gasteiger charge is -2.16. The number of hydrogen-bond donors (Lipinski definition) is 1. The van der Waals surface area contributed by atoms with Crippen molar-refractivity contribution in [2.75, 3.05) is 0 Å². The Morgan fingerprint density at radius 1 is 1.20 bits per heavy atom. The molecule has 4 nitrogen and oxygen atoms in total. The van der Waals surface area contributed by atoms with Gasteiger partial charge in [0, 0.05) is 25.4 Å². The maximum absolute atomic E-state index is 5.56. The molecule has 0 aliphatic rings. The van der Waals surface area contributed by atoms with Crippen LogP contribution in [-0.4, -0.2) is 9.78 Å². The first-order valence-electron chi connectivity index (χ1n) is 6.62. The number of aromatic nitrogens is 2. The molecule has 0 amide bonds. The highest BCUT2D eigenvalue weighted by atomic mass is 16.3. The van der Waals surface area contributed by atoms with Crippen LogP contribution in [0.15, 0.2) is 65.5 Å². The Morgan fingerprint density at radius 2 is 2.05 bits per heavy atom. The first-order valence-corrected chi connectivity index (χ1v) is 6.62. The maximum Gasteiger partial charge on any atom is 0.125 e. The van der Waals surface area contributed by atoms with E-state index >= 15 is 0 Å². The quantitative estimate of drug-likeness (QED) is 0.773. The molecule has 2 heterocycles. The number of rotatable bonds is 5. The van der Waals surface area contributed by atoms with Gasteiger partial charge in [0.25, 0.3) is 0 Å². The molecule has 20 heavy (non-hydrogen) atoms. The van der Waals surface area contributed by atoms with Crippen LogP contribution < -0.4 is 5.32 Å². The minimum Gasteiger partial charge on any atom is -0.467 e. The van der Waals surface area contributed by atoms with Gasteiger partial charge in [0.05, 0.1) is 18.5 Å². The minimum absolute atomic E-state index is 0.0476. The normalized spacial score (nSPS) is 12.4. The molecule has 0 fully saturated rings. The van der Waals surface area contributed by atoms with Crippen LogP contribution in [0.3, 0.4) is 0 Å². The van der Waals surface area contributed by atoms with Crippen molar-refractivity contribution in [3.63, 3.8) is 0 Å². The van der Waals surface area contributed by atoms with Crippen LogP contribution in [-0.2, 0) is 13.6 Å². The molecule has 0 spiro atoms. The van der Waals surface area contributed by atoms with Crippen molar-refractivity contribution in [3.05, 3.63) is 78.0 Å². The van der Waals surface area contributed by atoms with E-state index in [1.54, 1.807) is 10.9 Å². The van der Waals surface area contributed by atoms with Crippen LogP contribution in [0.25, 0.3) is 0 Å². The molecule has 0 aliphatic carbocycles. The van der Waals surface area contributed by atoms with E-state index in [4.69, 9.17) is 4.42 Å². The molecule has 102 valence electrons. The summed E-state index contributed by atoms with van der Waals surface area (Å²) in [4.78, 5) is 0. The van der Waals surface area contributed by atoms with Crippen molar-refractivity contribution in [1.29, 1.82) is 0 Å². The van der Waals surface area contributed by atoms with Gasteiger partial charge in [-0.2, -0.15) is 5.10 Å². The summed E-state index contributed by atoms with van der Waals surface area (Å²) >= 11 is 0. The smallest absolute Gasteiger partial charge is 0.125 e. The Bertz CT molecular complexity index is 643. The highest BCUT2D eigenvalue weighted by molar-refractivity contribution is 5.26. The van der Waals surface area contributed by atoms with E-state index in [0.29, 0.717) is 0 Å². The van der Waals surface area contributed by atoms with Crippen molar-refractivity contribution in [3.8, 4) is 0 Å². The van der Waals surface area contributed by atoms with E-state index < -0.39 is 0 Å². The molecule has 1 N–H and O–H groups in total. The molecule has 3 rings (SSSR count). The number of furan rings is 1. The first kappa shape index (κ1) is 12.7. The summed E-state index contributed by atoms with van der Waals surface area (Å²) in [5, 5.41) is 7.70. The fraction of sp³-hybridized carbons (Fsp3) is 0.188. The van der Waals surface area contributed by atoms with Gasteiger partial charge in [-0.15, -0.1) is 0 Å². The lowest BCUT2D eigenvalue weighted by Crippen LogP contribution is -2.21. The molecule has 0 bridgehead atoms. The molecule has 2 aromatic heterocycles. The Balaban J connectivity index is 1.80.